The molecule has 1 heterocycles. The fourth-order valence-corrected chi connectivity index (χ4v) is 1.91. The van der Waals surface area contributed by atoms with E-state index >= 15 is 0 Å². The number of aliphatic carboxylic acids is 1. The lowest BCUT2D eigenvalue weighted by atomic mass is 10.1. The molecule has 4 heteroatoms. The molecule has 0 bridgehead atoms. The van der Waals surface area contributed by atoms with Crippen molar-refractivity contribution in [2.45, 2.75) is 27.3 Å². The molecule has 0 aliphatic heterocycles. The predicted octanol–water partition coefficient (Wildman–Crippen LogP) is 2.26. The standard InChI is InChI=1S/C14H22N2O2/c1-11(2)8-16(9-12(3)14(17)18)10-13-6-4-5-7-15-13/h4-7,11-12H,8-10H2,1-3H3,(H,17,18). The summed E-state index contributed by atoms with van der Waals surface area (Å²) in [5.74, 6) is -0.591. The van der Waals surface area contributed by atoms with Gasteiger partial charge in [-0.3, -0.25) is 14.7 Å². The Morgan fingerprint density at radius 2 is 2.06 bits per heavy atom. The van der Waals surface area contributed by atoms with Crippen molar-refractivity contribution in [2.75, 3.05) is 13.1 Å². The molecule has 1 rings (SSSR count). The van der Waals surface area contributed by atoms with Crippen LogP contribution >= 0.6 is 0 Å². The number of carboxylic acids is 1. The van der Waals surface area contributed by atoms with Crippen molar-refractivity contribution in [3.8, 4) is 0 Å². The van der Waals surface area contributed by atoms with Gasteiger partial charge in [0.2, 0.25) is 0 Å². The Morgan fingerprint density at radius 1 is 1.33 bits per heavy atom. The fraction of sp³-hybridized carbons (Fsp3) is 0.571. The van der Waals surface area contributed by atoms with Gasteiger partial charge in [0.25, 0.3) is 0 Å². The van der Waals surface area contributed by atoms with Gasteiger partial charge in [0.05, 0.1) is 11.6 Å². The van der Waals surface area contributed by atoms with E-state index in [-0.39, 0.29) is 5.92 Å². The number of carbonyl (C=O) groups is 1. The van der Waals surface area contributed by atoms with E-state index in [0.29, 0.717) is 19.0 Å². The summed E-state index contributed by atoms with van der Waals surface area (Å²) < 4.78 is 0. The molecule has 1 N–H and O–H groups in total. The molecule has 0 saturated carbocycles. The number of nitrogens with zero attached hydrogens (tertiary/aromatic N) is 2. The van der Waals surface area contributed by atoms with Crippen LogP contribution in [0.4, 0.5) is 0 Å². The first-order valence-electron chi connectivity index (χ1n) is 6.34. The molecule has 1 atom stereocenters. The van der Waals surface area contributed by atoms with Crippen LogP contribution in [0.3, 0.4) is 0 Å². The van der Waals surface area contributed by atoms with Gasteiger partial charge in [-0.2, -0.15) is 0 Å². The molecule has 0 amide bonds. The van der Waals surface area contributed by atoms with Crippen LogP contribution in [0.25, 0.3) is 0 Å². The van der Waals surface area contributed by atoms with E-state index in [0.717, 1.165) is 12.2 Å². The van der Waals surface area contributed by atoms with Crippen LogP contribution in [-0.4, -0.2) is 34.0 Å². The van der Waals surface area contributed by atoms with Gasteiger partial charge in [0, 0.05) is 25.8 Å². The second-order valence-corrected chi connectivity index (χ2v) is 5.15. The van der Waals surface area contributed by atoms with E-state index in [1.54, 1.807) is 13.1 Å². The van der Waals surface area contributed by atoms with Crippen LogP contribution in [0.5, 0.6) is 0 Å². The highest BCUT2D eigenvalue weighted by Crippen LogP contribution is 2.08. The van der Waals surface area contributed by atoms with Crippen molar-refractivity contribution in [1.82, 2.24) is 9.88 Å². The molecule has 0 radical (unpaired) electrons. The Hall–Kier alpha value is -1.42. The van der Waals surface area contributed by atoms with E-state index in [4.69, 9.17) is 5.11 Å². The summed E-state index contributed by atoms with van der Waals surface area (Å²) in [6.07, 6.45) is 1.77. The average molecular weight is 250 g/mol. The lowest BCUT2D eigenvalue weighted by Gasteiger charge is -2.25. The summed E-state index contributed by atoms with van der Waals surface area (Å²) in [5.41, 5.74) is 0.982. The molecule has 0 saturated heterocycles. The largest absolute Gasteiger partial charge is 0.481 e. The average Bonchev–Trinajstić information content (AvgIpc) is 2.29. The van der Waals surface area contributed by atoms with E-state index in [2.05, 4.69) is 23.7 Å². The summed E-state index contributed by atoms with van der Waals surface area (Å²) in [6, 6.07) is 5.81. The minimum Gasteiger partial charge on any atom is -0.481 e. The first kappa shape index (κ1) is 14.6. The summed E-state index contributed by atoms with van der Waals surface area (Å²) in [5, 5.41) is 8.99. The molecule has 4 nitrogen and oxygen atoms in total. The zero-order valence-electron chi connectivity index (χ0n) is 11.3. The normalized spacial score (nSPS) is 12.9. The van der Waals surface area contributed by atoms with Crippen molar-refractivity contribution in [1.29, 1.82) is 0 Å². The Balaban J connectivity index is 2.63. The Kier molecular flexibility index (Phi) is 5.78. The maximum Gasteiger partial charge on any atom is 0.307 e. The third-order valence-electron chi connectivity index (χ3n) is 2.69. The SMILES string of the molecule is CC(C)CN(Cc1ccccn1)CC(C)C(=O)O. The maximum absolute atomic E-state index is 10.9. The lowest BCUT2D eigenvalue weighted by molar-refractivity contribution is -0.141. The van der Waals surface area contributed by atoms with Crippen LogP contribution in [0.1, 0.15) is 26.5 Å². The Bertz CT molecular complexity index is 365. The highest BCUT2D eigenvalue weighted by atomic mass is 16.4. The number of carboxylic acid groups (broad SMARTS) is 1. The monoisotopic (exact) mass is 250 g/mol. The Labute approximate surface area is 109 Å². The molecule has 0 aliphatic carbocycles. The number of hydrogen-bond donors (Lipinski definition) is 1. The first-order chi connectivity index (χ1) is 8.49. The van der Waals surface area contributed by atoms with Crippen molar-refractivity contribution in [3.05, 3.63) is 30.1 Å². The van der Waals surface area contributed by atoms with Crippen LogP contribution < -0.4 is 0 Å². The van der Waals surface area contributed by atoms with E-state index < -0.39 is 5.97 Å². The van der Waals surface area contributed by atoms with Gasteiger partial charge in [0.1, 0.15) is 0 Å². The van der Waals surface area contributed by atoms with Crippen molar-refractivity contribution >= 4 is 5.97 Å². The molecule has 1 aromatic rings. The predicted molar refractivity (Wildman–Crippen MR) is 71.2 cm³/mol. The maximum atomic E-state index is 10.9. The third kappa shape index (κ3) is 5.27. The number of pyridine rings is 1. The molecular weight excluding hydrogens is 228 g/mol. The summed E-state index contributed by atoms with van der Waals surface area (Å²) in [4.78, 5) is 17.4. The van der Waals surface area contributed by atoms with Gasteiger partial charge in [0.15, 0.2) is 0 Å². The molecular formula is C14H22N2O2. The highest BCUT2D eigenvalue weighted by molar-refractivity contribution is 5.69. The molecule has 0 aromatic carbocycles. The van der Waals surface area contributed by atoms with Gasteiger partial charge >= 0.3 is 5.97 Å². The summed E-state index contributed by atoms with van der Waals surface area (Å²) in [6.45, 7) is 8.16. The number of hydrogen-bond acceptors (Lipinski definition) is 3. The van der Waals surface area contributed by atoms with Crippen LogP contribution in [0, 0.1) is 11.8 Å². The molecule has 0 fully saturated rings. The van der Waals surface area contributed by atoms with Crippen molar-refractivity contribution in [2.24, 2.45) is 11.8 Å². The van der Waals surface area contributed by atoms with Crippen LogP contribution in [0.15, 0.2) is 24.4 Å². The van der Waals surface area contributed by atoms with Crippen LogP contribution in [0.2, 0.25) is 0 Å². The minimum absolute atomic E-state index is 0.354. The molecule has 100 valence electrons. The van der Waals surface area contributed by atoms with Crippen molar-refractivity contribution < 1.29 is 9.90 Å². The number of rotatable bonds is 7. The smallest absolute Gasteiger partial charge is 0.307 e. The van der Waals surface area contributed by atoms with Gasteiger partial charge in [-0.25, -0.2) is 0 Å². The molecule has 0 spiro atoms. The molecule has 1 unspecified atom stereocenters. The topological polar surface area (TPSA) is 53.4 Å². The second kappa shape index (κ2) is 7.11. The summed E-state index contributed by atoms with van der Waals surface area (Å²) >= 11 is 0. The van der Waals surface area contributed by atoms with Gasteiger partial charge in [-0.05, 0) is 18.1 Å². The van der Waals surface area contributed by atoms with Crippen LogP contribution in [-0.2, 0) is 11.3 Å². The van der Waals surface area contributed by atoms with E-state index in [1.807, 2.05) is 18.2 Å². The van der Waals surface area contributed by atoms with Crippen molar-refractivity contribution in [3.63, 3.8) is 0 Å². The summed E-state index contributed by atoms with van der Waals surface area (Å²) in [7, 11) is 0. The van der Waals surface area contributed by atoms with Gasteiger partial charge in [-0.1, -0.05) is 26.8 Å². The third-order valence-corrected chi connectivity index (χ3v) is 2.69. The quantitative estimate of drug-likeness (QED) is 0.806. The van der Waals surface area contributed by atoms with Gasteiger partial charge in [-0.15, -0.1) is 0 Å². The zero-order valence-corrected chi connectivity index (χ0v) is 11.3. The molecule has 18 heavy (non-hydrogen) atoms. The second-order valence-electron chi connectivity index (χ2n) is 5.15. The first-order valence-corrected chi connectivity index (χ1v) is 6.34. The van der Waals surface area contributed by atoms with E-state index in [1.165, 1.54) is 0 Å². The van der Waals surface area contributed by atoms with E-state index in [9.17, 15) is 4.79 Å². The molecule has 1 aromatic heterocycles. The fourth-order valence-electron chi connectivity index (χ4n) is 1.91. The highest BCUT2D eigenvalue weighted by Gasteiger charge is 2.17. The minimum atomic E-state index is -0.746. The Morgan fingerprint density at radius 3 is 2.56 bits per heavy atom. The zero-order chi connectivity index (χ0) is 13.5. The molecule has 0 aliphatic rings. The number of aromatic nitrogens is 1. The van der Waals surface area contributed by atoms with Gasteiger partial charge < -0.3 is 5.11 Å². The lowest BCUT2D eigenvalue weighted by Crippen LogP contribution is -2.34.